The maximum atomic E-state index is 13.8. The minimum Gasteiger partial charge on any atom is -0.486 e. The Bertz CT molecular complexity index is 1270. The molecule has 7 nitrogen and oxygen atoms in total. The van der Waals surface area contributed by atoms with Crippen LogP contribution in [-0.2, 0) is 6.54 Å². The molecular formula is C23H19FN4O3S. The first-order chi connectivity index (χ1) is 15.6. The van der Waals surface area contributed by atoms with Crippen LogP contribution < -0.4 is 9.47 Å². The second kappa shape index (κ2) is 8.43. The Balaban J connectivity index is 1.44. The molecule has 0 fully saturated rings. The number of rotatable bonds is 5. The number of fused-ring (bicyclic) bond motifs is 1. The zero-order valence-corrected chi connectivity index (χ0v) is 18.0. The summed E-state index contributed by atoms with van der Waals surface area (Å²) >= 11 is 1.47. The molecule has 0 saturated carbocycles. The van der Waals surface area contributed by atoms with Crippen LogP contribution in [0.4, 0.5) is 4.39 Å². The molecule has 0 bridgehead atoms. The number of carbonyl (C=O) groups excluding carboxylic acids is 1. The van der Waals surface area contributed by atoms with Gasteiger partial charge in [0, 0.05) is 13.6 Å². The highest BCUT2D eigenvalue weighted by Crippen LogP contribution is 2.31. The van der Waals surface area contributed by atoms with Gasteiger partial charge in [-0.3, -0.25) is 4.79 Å². The second-order valence-corrected chi connectivity index (χ2v) is 8.21. The van der Waals surface area contributed by atoms with Gasteiger partial charge in [-0.2, -0.15) is 0 Å². The van der Waals surface area contributed by atoms with Gasteiger partial charge < -0.3 is 14.4 Å². The first-order valence-corrected chi connectivity index (χ1v) is 10.9. The number of ether oxygens (including phenoxy) is 2. The lowest BCUT2D eigenvalue weighted by Crippen LogP contribution is -2.27. The van der Waals surface area contributed by atoms with Gasteiger partial charge in [-0.05, 0) is 47.3 Å². The molecule has 1 amide bonds. The SMILES string of the molecule is CN(Cc1ccc2c(c1)OCCO2)C(=O)c1nc(-c2cccs2)n(-c2cccc(F)c2)n1. The number of thiophene rings is 1. The number of hydrogen-bond acceptors (Lipinski definition) is 6. The van der Waals surface area contributed by atoms with Crippen LogP contribution >= 0.6 is 11.3 Å². The molecule has 0 saturated heterocycles. The van der Waals surface area contributed by atoms with Crippen molar-refractivity contribution in [3.05, 3.63) is 77.2 Å². The lowest BCUT2D eigenvalue weighted by Gasteiger charge is -2.20. The number of halogens is 1. The van der Waals surface area contributed by atoms with Crippen molar-refractivity contribution in [1.29, 1.82) is 0 Å². The quantitative estimate of drug-likeness (QED) is 0.456. The molecule has 0 radical (unpaired) electrons. The average molecular weight is 450 g/mol. The fourth-order valence-electron chi connectivity index (χ4n) is 3.46. The predicted molar refractivity (Wildman–Crippen MR) is 118 cm³/mol. The molecule has 0 N–H and O–H groups in total. The van der Waals surface area contributed by atoms with Crippen LogP contribution in [-0.4, -0.2) is 45.8 Å². The van der Waals surface area contributed by atoms with Crippen molar-refractivity contribution in [1.82, 2.24) is 19.7 Å². The van der Waals surface area contributed by atoms with Crippen LogP contribution in [0.2, 0.25) is 0 Å². The van der Waals surface area contributed by atoms with E-state index >= 15 is 0 Å². The van der Waals surface area contributed by atoms with E-state index in [4.69, 9.17) is 9.47 Å². The van der Waals surface area contributed by atoms with Crippen molar-refractivity contribution in [3.63, 3.8) is 0 Å². The first kappa shape index (κ1) is 20.2. The Morgan fingerprint density at radius 1 is 1.12 bits per heavy atom. The average Bonchev–Trinajstić information content (AvgIpc) is 3.48. The van der Waals surface area contributed by atoms with Crippen molar-refractivity contribution in [2.45, 2.75) is 6.54 Å². The van der Waals surface area contributed by atoms with E-state index in [1.54, 1.807) is 19.2 Å². The monoisotopic (exact) mass is 450 g/mol. The summed E-state index contributed by atoms with van der Waals surface area (Å²) in [6.45, 7) is 1.37. The summed E-state index contributed by atoms with van der Waals surface area (Å²) in [5.74, 6) is 1.17. The van der Waals surface area contributed by atoms with E-state index in [0.717, 1.165) is 10.4 Å². The number of nitrogens with zero attached hydrogens (tertiary/aromatic N) is 4. The molecule has 0 spiro atoms. The first-order valence-electron chi connectivity index (χ1n) is 9.99. The van der Waals surface area contributed by atoms with Gasteiger partial charge in [-0.25, -0.2) is 14.1 Å². The summed E-state index contributed by atoms with van der Waals surface area (Å²) in [6, 6.07) is 15.4. The molecule has 32 heavy (non-hydrogen) atoms. The van der Waals surface area contributed by atoms with Gasteiger partial charge in [-0.15, -0.1) is 16.4 Å². The Labute approximate surface area is 187 Å². The highest BCUT2D eigenvalue weighted by atomic mass is 32.1. The van der Waals surface area contributed by atoms with Crippen LogP contribution in [0.5, 0.6) is 11.5 Å². The van der Waals surface area contributed by atoms with E-state index < -0.39 is 5.82 Å². The standard InChI is InChI=1S/C23H19FN4O3S/c1-27(14-15-7-8-18-19(12-15)31-10-9-30-18)23(29)21-25-22(20-6-3-11-32-20)28(26-21)17-5-2-4-16(24)13-17/h2-8,11-13H,9-10,14H2,1H3. The van der Waals surface area contributed by atoms with Crippen LogP contribution in [0.25, 0.3) is 16.4 Å². The second-order valence-electron chi connectivity index (χ2n) is 7.27. The summed E-state index contributed by atoms with van der Waals surface area (Å²) in [7, 11) is 1.69. The fraction of sp³-hybridized carbons (Fsp3) is 0.174. The minimum absolute atomic E-state index is 0.0395. The van der Waals surface area contributed by atoms with Crippen molar-refractivity contribution in [3.8, 4) is 27.9 Å². The van der Waals surface area contributed by atoms with Gasteiger partial charge in [0.15, 0.2) is 17.3 Å². The predicted octanol–water partition coefficient (Wildman–Crippen LogP) is 4.18. The fourth-order valence-corrected chi connectivity index (χ4v) is 4.16. The maximum Gasteiger partial charge on any atom is 0.293 e. The Kier molecular flexibility index (Phi) is 5.32. The molecule has 2 aromatic carbocycles. The maximum absolute atomic E-state index is 13.8. The minimum atomic E-state index is -0.390. The van der Waals surface area contributed by atoms with Gasteiger partial charge in [-0.1, -0.05) is 18.2 Å². The van der Waals surface area contributed by atoms with Crippen molar-refractivity contribution >= 4 is 17.2 Å². The van der Waals surface area contributed by atoms with Gasteiger partial charge >= 0.3 is 0 Å². The smallest absolute Gasteiger partial charge is 0.293 e. The van der Waals surface area contributed by atoms with E-state index in [9.17, 15) is 9.18 Å². The number of carbonyl (C=O) groups is 1. The highest BCUT2D eigenvalue weighted by Gasteiger charge is 2.23. The topological polar surface area (TPSA) is 69.5 Å². The summed E-state index contributed by atoms with van der Waals surface area (Å²) in [4.78, 5) is 20.0. The lowest BCUT2D eigenvalue weighted by atomic mass is 10.2. The third-order valence-electron chi connectivity index (χ3n) is 4.97. The van der Waals surface area contributed by atoms with Crippen LogP contribution in [0, 0.1) is 5.82 Å². The summed E-state index contributed by atoms with van der Waals surface area (Å²) in [5, 5.41) is 6.33. The molecule has 5 rings (SSSR count). The molecule has 9 heteroatoms. The molecule has 2 aromatic heterocycles. The van der Waals surface area contributed by atoms with Gasteiger partial charge in [0.25, 0.3) is 5.91 Å². The summed E-state index contributed by atoms with van der Waals surface area (Å²) in [6.07, 6.45) is 0. The largest absolute Gasteiger partial charge is 0.486 e. The molecule has 3 heterocycles. The van der Waals surface area contributed by atoms with Gasteiger partial charge in [0.2, 0.25) is 5.82 Å². The van der Waals surface area contributed by atoms with Gasteiger partial charge in [0.05, 0.1) is 10.6 Å². The molecule has 4 aromatic rings. The van der Waals surface area contributed by atoms with Gasteiger partial charge in [0.1, 0.15) is 19.0 Å². The van der Waals surface area contributed by atoms with Crippen molar-refractivity contribution < 1.29 is 18.7 Å². The highest BCUT2D eigenvalue weighted by molar-refractivity contribution is 7.13. The van der Waals surface area contributed by atoms with Crippen LogP contribution in [0.15, 0.2) is 60.0 Å². The van der Waals surface area contributed by atoms with E-state index in [-0.39, 0.29) is 11.7 Å². The number of hydrogen-bond donors (Lipinski definition) is 0. The Hall–Kier alpha value is -3.72. The number of aromatic nitrogens is 3. The molecule has 0 atom stereocenters. The van der Waals surface area contributed by atoms with E-state index in [0.29, 0.717) is 42.8 Å². The molecule has 1 aliphatic rings. The van der Waals surface area contributed by atoms with Crippen molar-refractivity contribution in [2.75, 3.05) is 20.3 Å². The third-order valence-corrected chi connectivity index (χ3v) is 5.83. The van der Waals surface area contributed by atoms with E-state index in [2.05, 4.69) is 10.1 Å². The lowest BCUT2D eigenvalue weighted by molar-refractivity contribution is 0.0772. The zero-order valence-electron chi connectivity index (χ0n) is 17.2. The molecular weight excluding hydrogens is 431 g/mol. The van der Waals surface area contributed by atoms with E-state index in [1.165, 1.54) is 33.1 Å². The van der Waals surface area contributed by atoms with E-state index in [1.807, 2.05) is 35.7 Å². The summed E-state index contributed by atoms with van der Waals surface area (Å²) < 4.78 is 26.5. The summed E-state index contributed by atoms with van der Waals surface area (Å²) in [5.41, 5.74) is 1.39. The third kappa shape index (κ3) is 3.94. The molecule has 0 unspecified atom stereocenters. The van der Waals surface area contributed by atoms with Crippen LogP contribution in [0.1, 0.15) is 16.2 Å². The van der Waals surface area contributed by atoms with Crippen molar-refractivity contribution in [2.24, 2.45) is 0 Å². The Morgan fingerprint density at radius 3 is 2.75 bits per heavy atom. The molecule has 1 aliphatic heterocycles. The molecule has 0 aliphatic carbocycles. The number of benzene rings is 2. The normalized spacial score (nSPS) is 12.6. The Morgan fingerprint density at radius 2 is 1.97 bits per heavy atom. The van der Waals surface area contributed by atoms with Crippen LogP contribution in [0.3, 0.4) is 0 Å². The zero-order chi connectivity index (χ0) is 22.1. The number of amides is 1. The molecule has 162 valence electrons.